The number of esters is 2. The number of hydrogen-bond donors (Lipinski definition) is 1. The van der Waals surface area contributed by atoms with Gasteiger partial charge in [0.2, 0.25) is 0 Å². The van der Waals surface area contributed by atoms with E-state index >= 15 is 0 Å². The van der Waals surface area contributed by atoms with E-state index < -0.39 is 26.5 Å². The van der Waals surface area contributed by atoms with Crippen LogP contribution in [0.1, 0.15) is 245 Å². The third-order valence-electron chi connectivity index (χ3n) is 12.3. The van der Waals surface area contributed by atoms with Crippen LogP contribution in [0.25, 0.3) is 0 Å². The molecule has 0 bridgehead atoms. The molecule has 406 valence electrons. The molecule has 0 rings (SSSR count). The molecule has 0 saturated carbocycles. The maximum absolute atomic E-state index is 12.8. The average Bonchev–Trinajstić information content (AvgIpc) is 3.32. The van der Waals surface area contributed by atoms with Crippen molar-refractivity contribution in [1.29, 1.82) is 0 Å². The highest BCUT2D eigenvalue weighted by Gasteiger charge is 2.27. The molecule has 0 aliphatic carbocycles. The molecule has 0 aromatic carbocycles. The monoisotopic (exact) mass is 1000 g/mol. The highest BCUT2D eigenvalue weighted by molar-refractivity contribution is 7.47. The lowest BCUT2D eigenvalue weighted by atomic mass is 10.0. The Kier molecular flexibility index (Phi) is 49.5. The molecule has 9 nitrogen and oxygen atoms in total. The second-order valence-corrected chi connectivity index (χ2v) is 21.8. The second kappa shape index (κ2) is 51.4. The summed E-state index contributed by atoms with van der Waals surface area (Å²) in [7, 11) is 1.46. The van der Waals surface area contributed by atoms with E-state index in [-0.39, 0.29) is 32.0 Å². The lowest BCUT2D eigenvalue weighted by Gasteiger charge is -2.24. The van der Waals surface area contributed by atoms with Crippen LogP contribution in [0.15, 0.2) is 72.9 Å². The fourth-order valence-electron chi connectivity index (χ4n) is 7.84. The van der Waals surface area contributed by atoms with Crippen LogP contribution >= 0.6 is 7.82 Å². The molecule has 10 heteroatoms. The fraction of sp³-hybridized carbons (Fsp3) is 0.767. The van der Waals surface area contributed by atoms with Crippen molar-refractivity contribution in [3.05, 3.63) is 72.9 Å². The van der Waals surface area contributed by atoms with E-state index in [9.17, 15) is 19.0 Å². The van der Waals surface area contributed by atoms with Crippen molar-refractivity contribution >= 4 is 19.8 Å². The van der Waals surface area contributed by atoms with Gasteiger partial charge in [-0.1, -0.05) is 241 Å². The number of quaternary nitrogens is 1. The Morgan fingerprint density at radius 2 is 0.814 bits per heavy atom. The number of hydrogen-bond acceptors (Lipinski definition) is 7. The van der Waals surface area contributed by atoms with Gasteiger partial charge >= 0.3 is 19.8 Å². The molecule has 0 saturated heterocycles. The van der Waals surface area contributed by atoms with Crippen molar-refractivity contribution in [3.8, 4) is 0 Å². The first kappa shape index (κ1) is 67.5. The summed E-state index contributed by atoms with van der Waals surface area (Å²) in [5.74, 6) is -0.821. The molecule has 0 aromatic rings. The minimum absolute atomic E-state index is 0.0242. The van der Waals surface area contributed by atoms with Crippen LogP contribution in [0.3, 0.4) is 0 Å². The normalized spacial score (nSPS) is 13.9. The molecule has 2 unspecified atom stereocenters. The van der Waals surface area contributed by atoms with Crippen LogP contribution in [-0.2, 0) is 32.7 Å². The van der Waals surface area contributed by atoms with Gasteiger partial charge in [-0.2, -0.15) is 0 Å². The maximum atomic E-state index is 12.8. The minimum atomic E-state index is -4.40. The van der Waals surface area contributed by atoms with Gasteiger partial charge in [-0.15, -0.1) is 0 Å². The number of rotatable bonds is 52. The number of unbranched alkanes of at least 4 members (excludes halogenated alkanes) is 26. The molecule has 2 atom stereocenters. The average molecular weight is 1000 g/mol. The van der Waals surface area contributed by atoms with Crippen LogP contribution in [0.5, 0.6) is 0 Å². The van der Waals surface area contributed by atoms with Crippen LogP contribution in [-0.4, -0.2) is 74.9 Å². The van der Waals surface area contributed by atoms with E-state index in [1.165, 1.54) is 128 Å². The molecule has 0 radical (unpaired) electrons. The molecule has 0 aliphatic heterocycles. The summed E-state index contributed by atoms with van der Waals surface area (Å²) in [6.45, 7) is 4.31. The first-order valence-corrected chi connectivity index (χ1v) is 30.2. The Morgan fingerprint density at radius 3 is 1.21 bits per heavy atom. The first-order chi connectivity index (χ1) is 34.0. The number of carbonyl (C=O) groups is 2. The molecule has 0 fully saturated rings. The predicted octanol–water partition coefficient (Wildman–Crippen LogP) is 17.7. The quantitative estimate of drug-likeness (QED) is 0.0211. The Labute approximate surface area is 431 Å². The van der Waals surface area contributed by atoms with Crippen LogP contribution in [0.4, 0.5) is 0 Å². The van der Waals surface area contributed by atoms with Gasteiger partial charge in [0.1, 0.15) is 19.8 Å². The van der Waals surface area contributed by atoms with E-state index in [0.717, 1.165) is 83.5 Å². The van der Waals surface area contributed by atoms with Gasteiger partial charge in [0, 0.05) is 12.8 Å². The molecule has 0 amide bonds. The third kappa shape index (κ3) is 54.8. The van der Waals surface area contributed by atoms with Crippen LogP contribution in [0.2, 0.25) is 0 Å². The van der Waals surface area contributed by atoms with E-state index in [0.29, 0.717) is 17.4 Å². The fourth-order valence-corrected chi connectivity index (χ4v) is 8.58. The zero-order valence-corrected chi connectivity index (χ0v) is 46.9. The summed E-state index contributed by atoms with van der Waals surface area (Å²) in [4.78, 5) is 35.7. The van der Waals surface area contributed by atoms with Crippen molar-refractivity contribution < 1.29 is 42.1 Å². The standard InChI is InChI=1S/C60H108NO8P/c1-6-8-10-12-14-16-18-20-22-24-26-28-30-32-34-36-38-40-42-44-46-48-50-52-59(62)66-56-58(57-68-70(64,65)67-55-54-61(3,4)5)69-60(63)53-51-49-47-45-43-41-39-37-35-33-31-29-27-25-23-21-19-17-15-13-11-9-7-2/h9,11,15,17,21,23,27,29,33,35,39,41,58H,6-8,10,12-14,16,18-20,22,24-26,28,30-32,34,36-38,40,42-57H2,1-5H3/p+1/b11-9-,17-15-,23-21-,29-27-,35-33-,41-39-. The number of likely N-dealkylation sites (N-methyl/N-ethyl adjacent to an activating group) is 1. The number of ether oxygens (including phenoxy) is 2. The first-order valence-electron chi connectivity index (χ1n) is 28.7. The largest absolute Gasteiger partial charge is 0.472 e. The van der Waals surface area contributed by atoms with Gasteiger partial charge in [-0.25, -0.2) is 4.57 Å². The second-order valence-electron chi connectivity index (χ2n) is 20.3. The van der Waals surface area contributed by atoms with Gasteiger partial charge in [0.05, 0.1) is 27.7 Å². The number of carbonyl (C=O) groups excluding carboxylic acids is 2. The maximum Gasteiger partial charge on any atom is 0.472 e. The van der Waals surface area contributed by atoms with Crippen molar-refractivity contribution in [2.75, 3.05) is 47.5 Å². The number of allylic oxidation sites excluding steroid dienone is 12. The van der Waals surface area contributed by atoms with Crippen molar-refractivity contribution in [3.63, 3.8) is 0 Å². The zero-order chi connectivity index (χ0) is 51.3. The van der Waals surface area contributed by atoms with E-state index in [1.807, 2.05) is 21.1 Å². The van der Waals surface area contributed by atoms with Gasteiger partial charge in [0.15, 0.2) is 6.10 Å². The Hall–Kier alpha value is -2.55. The number of phosphoric acid groups is 1. The summed E-state index contributed by atoms with van der Waals surface area (Å²) in [5, 5.41) is 0. The van der Waals surface area contributed by atoms with Crippen molar-refractivity contribution in [1.82, 2.24) is 0 Å². The summed E-state index contributed by atoms with van der Waals surface area (Å²) in [6, 6.07) is 0. The molecule has 70 heavy (non-hydrogen) atoms. The molecule has 1 N–H and O–H groups in total. The summed E-state index contributed by atoms with van der Waals surface area (Å²) in [5.41, 5.74) is 0. The van der Waals surface area contributed by atoms with Crippen LogP contribution in [0, 0.1) is 0 Å². The molecule has 0 spiro atoms. The number of nitrogens with zero attached hydrogens (tertiary/aromatic N) is 1. The zero-order valence-electron chi connectivity index (χ0n) is 46.0. The van der Waals surface area contributed by atoms with Crippen LogP contribution < -0.4 is 0 Å². The molecular weight excluding hydrogens is 894 g/mol. The lowest BCUT2D eigenvalue weighted by Crippen LogP contribution is -2.37. The van der Waals surface area contributed by atoms with Crippen molar-refractivity contribution in [2.45, 2.75) is 251 Å². The Balaban J connectivity index is 4.23. The van der Waals surface area contributed by atoms with E-state index in [4.69, 9.17) is 18.5 Å². The van der Waals surface area contributed by atoms with Gasteiger partial charge in [-0.05, 0) is 64.2 Å². The van der Waals surface area contributed by atoms with Crippen molar-refractivity contribution in [2.24, 2.45) is 0 Å². The third-order valence-corrected chi connectivity index (χ3v) is 13.2. The molecular formula is C60H109NO8P+. The summed E-state index contributed by atoms with van der Waals surface area (Å²) >= 11 is 0. The van der Waals surface area contributed by atoms with E-state index in [1.54, 1.807) is 0 Å². The van der Waals surface area contributed by atoms with Gasteiger partial charge in [-0.3, -0.25) is 18.6 Å². The molecule has 0 aromatic heterocycles. The van der Waals surface area contributed by atoms with Gasteiger partial charge in [0.25, 0.3) is 0 Å². The Morgan fingerprint density at radius 1 is 0.457 bits per heavy atom. The molecule has 0 heterocycles. The highest BCUT2D eigenvalue weighted by Crippen LogP contribution is 2.43. The molecule has 0 aliphatic rings. The summed E-state index contributed by atoms with van der Waals surface area (Å²) in [6.07, 6.45) is 66.8. The topological polar surface area (TPSA) is 108 Å². The lowest BCUT2D eigenvalue weighted by molar-refractivity contribution is -0.870. The summed E-state index contributed by atoms with van der Waals surface area (Å²) < 4.78 is 34.5. The predicted molar refractivity (Wildman–Crippen MR) is 298 cm³/mol. The minimum Gasteiger partial charge on any atom is -0.462 e. The number of phosphoric ester groups is 1. The Bertz CT molecular complexity index is 1410. The highest BCUT2D eigenvalue weighted by atomic mass is 31.2. The van der Waals surface area contributed by atoms with E-state index in [2.05, 4.69) is 86.8 Å². The van der Waals surface area contributed by atoms with Gasteiger partial charge < -0.3 is 18.9 Å². The smallest absolute Gasteiger partial charge is 0.462 e. The SMILES string of the molecule is CC/C=C\C/C=C\C/C=C\C/C=C\C/C=C\C/C=C\CCCCCCC(=O)OC(COC(=O)CCCCCCCCCCCCCCCCCCCCCCCCC)COP(=O)(O)OCC[N+](C)(C)C.